The Morgan fingerprint density at radius 3 is 2.78 bits per heavy atom. The summed E-state index contributed by atoms with van der Waals surface area (Å²) in [6.07, 6.45) is 1.28. The molecule has 0 aliphatic heterocycles. The van der Waals surface area contributed by atoms with Crippen LogP contribution in [0.2, 0.25) is 0 Å². The molecule has 52 valence electrons. The van der Waals surface area contributed by atoms with Crippen molar-refractivity contribution in [3.05, 3.63) is 0 Å². The van der Waals surface area contributed by atoms with Gasteiger partial charge in [-0.2, -0.15) is 0 Å². The van der Waals surface area contributed by atoms with Crippen LogP contribution in [0.5, 0.6) is 0 Å². The highest BCUT2D eigenvalue weighted by molar-refractivity contribution is 6.24. The average Bonchev–Trinajstić information content (AvgIpc) is 1.89. The highest BCUT2D eigenvalue weighted by atomic mass is 16.5. The molecule has 0 atom stereocenters. The van der Waals surface area contributed by atoms with Crippen molar-refractivity contribution in [2.24, 2.45) is 0 Å². The molecule has 0 saturated heterocycles. The molecule has 0 spiro atoms. The molecule has 0 radical (unpaired) electrons. The van der Waals surface area contributed by atoms with Gasteiger partial charge in [-0.3, -0.25) is 9.59 Å². The molecular weight excluding hydrogens is 120 g/mol. The van der Waals surface area contributed by atoms with Crippen molar-refractivity contribution in [1.82, 2.24) is 0 Å². The van der Waals surface area contributed by atoms with E-state index >= 15 is 0 Å². The first-order chi connectivity index (χ1) is 4.31. The van der Waals surface area contributed by atoms with E-state index in [-0.39, 0.29) is 5.78 Å². The van der Waals surface area contributed by atoms with Crippen LogP contribution in [0.3, 0.4) is 0 Å². The van der Waals surface area contributed by atoms with Crippen LogP contribution in [0.4, 0.5) is 0 Å². The summed E-state index contributed by atoms with van der Waals surface area (Å²) in [6.45, 7) is 0.541. The molecule has 0 aromatic rings. The van der Waals surface area contributed by atoms with Crippen LogP contribution < -0.4 is 0 Å². The van der Waals surface area contributed by atoms with Crippen LogP contribution in [0.1, 0.15) is 12.8 Å². The van der Waals surface area contributed by atoms with Gasteiger partial charge in [-0.1, -0.05) is 0 Å². The molecule has 0 aromatic heterocycles. The van der Waals surface area contributed by atoms with Gasteiger partial charge in [0.25, 0.3) is 0 Å². The zero-order valence-corrected chi connectivity index (χ0v) is 5.42. The summed E-state index contributed by atoms with van der Waals surface area (Å²) in [7, 11) is 1.56. The summed E-state index contributed by atoms with van der Waals surface area (Å²) in [4.78, 5) is 20.0. The monoisotopic (exact) mass is 130 g/mol. The standard InChI is InChI=1S/C6H10O3/c1-9-4-2-3-6(8)5-7/h5H,2-4H2,1H3. The number of ketones is 1. The lowest BCUT2D eigenvalue weighted by Gasteiger charge is -1.92. The molecule has 0 amide bonds. The number of carbonyl (C=O) groups excluding carboxylic acids is 2. The molecule has 0 N–H and O–H groups in total. The smallest absolute Gasteiger partial charge is 0.195 e. The van der Waals surface area contributed by atoms with Crippen molar-refractivity contribution in [3.63, 3.8) is 0 Å². The van der Waals surface area contributed by atoms with E-state index in [0.29, 0.717) is 25.7 Å². The number of rotatable bonds is 5. The maximum absolute atomic E-state index is 10.3. The second-order valence-electron chi connectivity index (χ2n) is 1.68. The fourth-order valence-corrected chi connectivity index (χ4v) is 0.450. The normalized spacial score (nSPS) is 9.00. The van der Waals surface area contributed by atoms with E-state index in [4.69, 9.17) is 0 Å². The Labute approximate surface area is 54.0 Å². The van der Waals surface area contributed by atoms with Crippen LogP contribution in [0.25, 0.3) is 0 Å². The third kappa shape index (κ3) is 5.17. The van der Waals surface area contributed by atoms with E-state index in [1.54, 1.807) is 7.11 Å². The second kappa shape index (κ2) is 5.44. The van der Waals surface area contributed by atoms with Gasteiger partial charge in [-0.15, -0.1) is 0 Å². The fraction of sp³-hybridized carbons (Fsp3) is 0.667. The molecule has 0 unspecified atom stereocenters. The number of methoxy groups -OCH3 is 1. The number of aldehydes is 1. The molecule has 0 aliphatic rings. The topological polar surface area (TPSA) is 43.4 Å². The fourth-order valence-electron chi connectivity index (χ4n) is 0.450. The lowest BCUT2D eigenvalue weighted by atomic mass is 10.2. The summed E-state index contributed by atoms with van der Waals surface area (Å²) in [5.74, 6) is -0.355. The van der Waals surface area contributed by atoms with Gasteiger partial charge in [0.2, 0.25) is 0 Å². The molecular formula is C6H10O3. The van der Waals surface area contributed by atoms with Crippen LogP contribution in [-0.2, 0) is 14.3 Å². The number of ether oxygens (including phenoxy) is 1. The maximum atomic E-state index is 10.3. The lowest BCUT2D eigenvalue weighted by Crippen LogP contribution is -2.00. The quantitative estimate of drug-likeness (QED) is 0.303. The first-order valence-corrected chi connectivity index (χ1v) is 2.78. The van der Waals surface area contributed by atoms with E-state index in [1.807, 2.05) is 0 Å². The van der Waals surface area contributed by atoms with E-state index in [1.165, 1.54) is 0 Å². The molecule has 3 nitrogen and oxygen atoms in total. The molecule has 9 heavy (non-hydrogen) atoms. The molecule has 0 rings (SSSR count). The molecule has 0 aromatic carbocycles. The Bertz CT molecular complexity index is 98.5. The summed E-state index contributed by atoms with van der Waals surface area (Å²) >= 11 is 0. The van der Waals surface area contributed by atoms with Gasteiger partial charge in [0.05, 0.1) is 0 Å². The largest absolute Gasteiger partial charge is 0.385 e. The van der Waals surface area contributed by atoms with Crippen molar-refractivity contribution >= 4 is 12.1 Å². The minimum atomic E-state index is -0.355. The van der Waals surface area contributed by atoms with Crippen molar-refractivity contribution in [2.45, 2.75) is 12.8 Å². The van der Waals surface area contributed by atoms with E-state index in [9.17, 15) is 9.59 Å². The van der Waals surface area contributed by atoms with Gasteiger partial charge in [-0.25, -0.2) is 0 Å². The van der Waals surface area contributed by atoms with Gasteiger partial charge < -0.3 is 4.74 Å². The highest BCUT2D eigenvalue weighted by Crippen LogP contribution is 1.87. The van der Waals surface area contributed by atoms with Crippen molar-refractivity contribution in [2.75, 3.05) is 13.7 Å². The molecule has 0 heterocycles. The molecule has 0 aliphatic carbocycles. The minimum Gasteiger partial charge on any atom is -0.385 e. The Kier molecular flexibility index (Phi) is 5.01. The van der Waals surface area contributed by atoms with Gasteiger partial charge in [0, 0.05) is 20.1 Å². The summed E-state index contributed by atoms with van der Waals surface area (Å²) < 4.78 is 4.67. The van der Waals surface area contributed by atoms with E-state index in [2.05, 4.69) is 4.74 Å². The first kappa shape index (κ1) is 8.30. The van der Waals surface area contributed by atoms with Crippen molar-refractivity contribution in [3.8, 4) is 0 Å². The lowest BCUT2D eigenvalue weighted by molar-refractivity contribution is -0.130. The van der Waals surface area contributed by atoms with Crippen molar-refractivity contribution in [1.29, 1.82) is 0 Å². The SMILES string of the molecule is COCCCC(=O)C=O. The van der Waals surface area contributed by atoms with E-state index in [0.717, 1.165) is 0 Å². The van der Waals surface area contributed by atoms with Gasteiger partial charge in [-0.05, 0) is 6.42 Å². The Morgan fingerprint density at radius 1 is 1.67 bits per heavy atom. The van der Waals surface area contributed by atoms with Gasteiger partial charge in [0.15, 0.2) is 12.1 Å². The Balaban J connectivity index is 3.07. The van der Waals surface area contributed by atoms with Crippen LogP contribution in [0, 0.1) is 0 Å². The van der Waals surface area contributed by atoms with E-state index < -0.39 is 0 Å². The first-order valence-electron chi connectivity index (χ1n) is 2.78. The third-order valence-corrected chi connectivity index (χ3v) is 0.903. The minimum absolute atomic E-state index is 0.303. The molecule has 0 fully saturated rings. The molecule has 0 saturated carbocycles. The summed E-state index contributed by atoms with van der Waals surface area (Å²) in [5, 5.41) is 0. The third-order valence-electron chi connectivity index (χ3n) is 0.903. The Hall–Kier alpha value is -0.700. The Morgan fingerprint density at radius 2 is 2.33 bits per heavy atom. The molecule has 0 bridgehead atoms. The second-order valence-corrected chi connectivity index (χ2v) is 1.68. The number of hydrogen-bond donors (Lipinski definition) is 0. The van der Waals surface area contributed by atoms with Crippen LogP contribution in [-0.4, -0.2) is 25.8 Å². The van der Waals surface area contributed by atoms with Crippen LogP contribution in [0.15, 0.2) is 0 Å². The number of Topliss-reactive ketones (excluding diaryl/α,β-unsaturated/α-hetero) is 1. The maximum Gasteiger partial charge on any atom is 0.195 e. The molecule has 3 heteroatoms. The number of hydrogen-bond acceptors (Lipinski definition) is 3. The van der Waals surface area contributed by atoms with Gasteiger partial charge in [0.1, 0.15) is 0 Å². The average molecular weight is 130 g/mol. The van der Waals surface area contributed by atoms with Gasteiger partial charge >= 0.3 is 0 Å². The predicted octanol–water partition coefficient (Wildman–Crippen LogP) is 0.181. The predicted molar refractivity (Wildman–Crippen MR) is 32.2 cm³/mol. The van der Waals surface area contributed by atoms with Crippen LogP contribution >= 0.6 is 0 Å². The zero-order chi connectivity index (χ0) is 7.11. The highest BCUT2D eigenvalue weighted by Gasteiger charge is 1.96. The number of carbonyl (C=O) groups is 2. The van der Waals surface area contributed by atoms with Crippen molar-refractivity contribution < 1.29 is 14.3 Å². The summed E-state index contributed by atoms with van der Waals surface area (Å²) in [6, 6.07) is 0. The zero-order valence-electron chi connectivity index (χ0n) is 5.42. The summed E-state index contributed by atoms with van der Waals surface area (Å²) in [5.41, 5.74) is 0.